The summed E-state index contributed by atoms with van der Waals surface area (Å²) >= 11 is 0. The summed E-state index contributed by atoms with van der Waals surface area (Å²) in [4.78, 5) is 6.21. The molecule has 2 N–H and O–H groups in total. The van der Waals surface area contributed by atoms with Gasteiger partial charge in [0.15, 0.2) is 0 Å². The van der Waals surface area contributed by atoms with Crippen LogP contribution < -0.4 is 5.73 Å². The monoisotopic (exact) mass is 209 g/mol. The second kappa shape index (κ2) is 6.37. The topological polar surface area (TPSA) is 51.4 Å². The molecule has 1 heterocycles. The van der Waals surface area contributed by atoms with Crippen LogP contribution in [0.1, 0.15) is 12.0 Å². The van der Waals surface area contributed by atoms with Crippen molar-refractivity contribution in [2.24, 2.45) is 0 Å². The fourth-order valence-electron chi connectivity index (χ4n) is 1.46. The number of hydrogen-bond acceptors (Lipinski definition) is 4. The van der Waals surface area contributed by atoms with Crippen LogP contribution in [0.15, 0.2) is 18.3 Å². The standard InChI is InChI=1S/C11H19N3O/c1-14(6-3-7-15-2)9-10-4-5-13-11(12)8-10/h4-5,8H,3,6-7,9H2,1-2H3,(H2,12,13). The molecule has 1 aromatic heterocycles. The maximum Gasteiger partial charge on any atom is 0.123 e. The summed E-state index contributed by atoms with van der Waals surface area (Å²) in [5, 5.41) is 0. The van der Waals surface area contributed by atoms with Crippen LogP contribution in [-0.2, 0) is 11.3 Å². The second-order valence-electron chi connectivity index (χ2n) is 3.67. The first-order valence-corrected chi connectivity index (χ1v) is 5.10. The van der Waals surface area contributed by atoms with E-state index in [-0.39, 0.29) is 0 Å². The third kappa shape index (κ3) is 4.76. The molecular weight excluding hydrogens is 190 g/mol. The molecule has 0 atom stereocenters. The summed E-state index contributed by atoms with van der Waals surface area (Å²) in [5.41, 5.74) is 6.80. The third-order valence-corrected chi connectivity index (χ3v) is 2.19. The van der Waals surface area contributed by atoms with Gasteiger partial charge >= 0.3 is 0 Å². The molecule has 0 aliphatic rings. The molecule has 0 saturated heterocycles. The lowest BCUT2D eigenvalue weighted by Crippen LogP contribution is -2.20. The van der Waals surface area contributed by atoms with E-state index < -0.39 is 0 Å². The van der Waals surface area contributed by atoms with Crippen molar-refractivity contribution in [2.45, 2.75) is 13.0 Å². The number of nitrogens with two attached hydrogens (primary N) is 1. The Labute approximate surface area is 91.1 Å². The van der Waals surface area contributed by atoms with Crippen LogP contribution in [0.25, 0.3) is 0 Å². The summed E-state index contributed by atoms with van der Waals surface area (Å²) in [6, 6.07) is 3.90. The lowest BCUT2D eigenvalue weighted by atomic mass is 10.2. The largest absolute Gasteiger partial charge is 0.385 e. The highest BCUT2D eigenvalue weighted by atomic mass is 16.5. The van der Waals surface area contributed by atoms with Gasteiger partial charge in [0.25, 0.3) is 0 Å². The van der Waals surface area contributed by atoms with Crippen LogP contribution in [0, 0.1) is 0 Å². The van der Waals surface area contributed by atoms with E-state index in [0.717, 1.165) is 26.1 Å². The number of nitrogens with zero attached hydrogens (tertiary/aromatic N) is 2. The van der Waals surface area contributed by atoms with Crippen LogP contribution in [0.3, 0.4) is 0 Å². The zero-order valence-electron chi connectivity index (χ0n) is 9.44. The fraction of sp³-hybridized carbons (Fsp3) is 0.545. The van der Waals surface area contributed by atoms with E-state index in [4.69, 9.17) is 10.5 Å². The van der Waals surface area contributed by atoms with Crippen molar-refractivity contribution < 1.29 is 4.74 Å². The number of rotatable bonds is 6. The molecule has 0 aliphatic carbocycles. The Bertz CT molecular complexity index is 291. The first kappa shape index (κ1) is 11.9. The highest BCUT2D eigenvalue weighted by Crippen LogP contribution is 2.05. The van der Waals surface area contributed by atoms with Crippen molar-refractivity contribution in [3.63, 3.8) is 0 Å². The molecule has 0 bridgehead atoms. The number of nitrogen functional groups attached to an aromatic ring is 1. The van der Waals surface area contributed by atoms with Crippen molar-refractivity contribution in [3.8, 4) is 0 Å². The molecule has 0 saturated carbocycles. The Morgan fingerprint density at radius 2 is 2.33 bits per heavy atom. The third-order valence-electron chi connectivity index (χ3n) is 2.19. The highest BCUT2D eigenvalue weighted by molar-refractivity contribution is 5.31. The molecule has 0 radical (unpaired) electrons. The van der Waals surface area contributed by atoms with Gasteiger partial charge in [0.1, 0.15) is 5.82 Å². The minimum Gasteiger partial charge on any atom is -0.385 e. The molecule has 1 rings (SSSR count). The number of anilines is 1. The molecular formula is C11H19N3O. The number of ether oxygens (including phenoxy) is 1. The van der Waals surface area contributed by atoms with Gasteiger partial charge in [-0.05, 0) is 31.2 Å². The summed E-state index contributed by atoms with van der Waals surface area (Å²) in [7, 11) is 3.82. The molecule has 1 aromatic rings. The van der Waals surface area contributed by atoms with Crippen LogP contribution in [-0.4, -0.2) is 37.2 Å². The van der Waals surface area contributed by atoms with E-state index in [1.165, 1.54) is 5.56 Å². The van der Waals surface area contributed by atoms with Crippen LogP contribution in [0.4, 0.5) is 5.82 Å². The van der Waals surface area contributed by atoms with Crippen molar-refractivity contribution in [1.82, 2.24) is 9.88 Å². The first-order chi connectivity index (χ1) is 7.22. The number of methoxy groups -OCH3 is 1. The van der Waals surface area contributed by atoms with Gasteiger partial charge in [0.05, 0.1) is 0 Å². The fourth-order valence-corrected chi connectivity index (χ4v) is 1.46. The van der Waals surface area contributed by atoms with Gasteiger partial charge in [0, 0.05) is 33.0 Å². The van der Waals surface area contributed by atoms with E-state index in [0.29, 0.717) is 5.82 Å². The predicted octanol–water partition coefficient (Wildman–Crippen LogP) is 1.13. The molecule has 0 fully saturated rings. The van der Waals surface area contributed by atoms with Crippen molar-refractivity contribution in [3.05, 3.63) is 23.9 Å². The summed E-state index contributed by atoms with van der Waals surface area (Å²) in [5.74, 6) is 0.581. The zero-order valence-corrected chi connectivity index (χ0v) is 9.44. The van der Waals surface area contributed by atoms with E-state index in [9.17, 15) is 0 Å². The second-order valence-corrected chi connectivity index (χ2v) is 3.67. The molecule has 4 heteroatoms. The quantitative estimate of drug-likeness (QED) is 0.714. The Morgan fingerprint density at radius 1 is 1.53 bits per heavy atom. The lowest BCUT2D eigenvalue weighted by molar-refractivity contribution is 0.178. The SMILES string of the molecule is COCCCN(C)Cc1ccnc(N)c1. The molecule has 0 unspecified atom stereocenters. The maximum absolute atomic E-state index is 5.61. The van der Waals surface area contributed by atoms with Crippen molar-refractivity contribution in [2.75, 3.05) is 33.0 Å². The highest BCUT2D eigenvalue weighted by Gasteiger charge is 2.00. The number of pyridine rings is 1. The van der Waals surface area contributed by atoms with E-state index in [2.05, 4.69) is 16.9 Å². The molecule has 0 spiro atoms. The van der Waals surface area contributed by atoms with E-state index >= 15 is 0 Å². The smallest absolute Gasteiger partial charge is 0.123 e. The molecule has 84 valence electrons. The van der Waals surface area contributed by atoms with Gasteiger partial charge in [-0.25, -0.2) is 4.98 Å². The van der Waals surface area contributed by atoms with Crippen LogP contribution >= 0.6 is 0 Å². The van der Waals surface area contributed by atoms with Gasteiger partial charge in [-0.2, -0.15) is 0 Å². The Hall–Kier alpha value is -1.13. The summed E-state index contributed by atoms with van der Waals surface area (Å²) < 4.78 is 5.00. The normalized spacial score (nSPS) is 10.9. The van der Waals surface area contributed by atoms with Crippen LogP contribution in [0.2, 0.25) is 0 Å². The first-order valence-electron chi connectivity index (χ1n) is 5.10. The van der Waals surface area contributed by atoms with Gasteiger partial charge in [-0.1, -0.05) is 0 Å². The van der Waals surface area contributed by atoms with Crippen molar-refractivity contribution >= 4 is 5.82 Å². The molecule has 4 nitrogen and oxygen atoms in total. The molecule has 15 heavy (non-hydrogen) atoms. The number of aromatic nitrogens is 1. The lowest BCUT2D eigenvalue weighted by Gasteiger charge is -2.16. The maximum atomic E-state index is 5.61. The molecule has 0 aliphatic heterocycles. The Kier molecular flexibility index (Phi) is 5.07. The molecule has 0 aromatic carbocycles. The average Bonchev–Trinajstić information content (AvgIpc) is 2.18. The Balaban J connectivity index is 2.34. The van der Waals surface area contributed by atoms with Gasteiger partial charge < -0.3 is 15.4 Å². The van der Waals surface area contributed by atoms with Crippen molar-refractivity contribution in [1.29, 1.82) is 0 Å². The average molecular weight is 209 g/mol. The van der Waals surface area contributed by atoms with Gasteiger partial charge in [0.2, 0.25) is 0 Å². The summed E-state index contributed by atoms with van der Waals surface area (Å²) in [6.07, 6.45) is 2.79. The molecule has 0 amide bonds. The van der Waals surface area contributed by atoms with Gasteiger partial charge in [-0.3, -0.25) is 0 Å². The summed E-state index contributed by atoms with van der Waals surface area (Å²) in [6.45, 7) is 2.73. The van der Waals surface area contributed by atoms with Crippen LogP contribution in [0.5, 0.6) is 0 Å². The Morgan fingerprint density at radius 3 is 3.00 bits per heavy atom. The number of hydrogen-bond donors (Lipinski definition) is 1. The van der Waals surface area contributed by atoms with Gasteiger partial charge in [-0.15, -0.1) is 0 Å². The minimum absolute atomic E-state index is 0.581. The zero-order chi connectivity index (χ0) is 11.1. The minimum atomic E-state index is 0.581. The van der Waals surface area contributed by atoms with E-state index in [1.54, 1.807) is 13.3 Å². The predicted molar refractivity (Wildman–Crippen MR) is 61.5 cm³/mol. The van der Waals surface area contributed by atoms with E-state index in [1.807, 2.05) is 12.1 Å².